The largest absolute Gasteiger partial charge is 0.383 e. The van der Waals surface area contributed by atoms with Crippen LogP contribution in [0.2, 0.25) is 0 Å². The predicted octanol–water partition coefficient (Wildman–Crippen LogP) is 5.58. The Morgan fingerprint density at radius 1 is 1.10 bits per heavy atom. The Morgan fingerprint density at radius 2 is 1.90 bits per heavy atom. The number of aryl methyl sites for hydroxylation is 1. The second kappa shape index (κ2) is 9.41. The molecule has 0 bridgehead atoms. The van der Waals surface area contributed by atoms with Crippen molar-refractivity contribution < 1.29 is 0 Å². The van der Waals surface area contributed by atoms with Crippen LogP contribution in [0.4, 0.5) is 5.82 Å². The molecule has 0 aliphatic carbocycles. The average molecular weight is 413 g/mol. The van der Waals surface area contributed by atoms with Gasteiger partial charge < -0.3 is 16.0 Å². The Labute approximate surface area is 179 Å². The van der Waals surface area contributed by atoms with Crippen molar-refractivity contribution >= 4 is 38.1 Å². The van der Waals surface area contributed by atoms with Crippen molar-refractivity contribution in [3.63, 3.8) is 0 Å². The summed E-state index contributed by atoms with van der Waals surface area (Å²) in [5.74, 6) is 0.641. The summed E-state index contributed by atoms with van der Waals surface area (Å²) in [6, 6.07) is 8.88. The van der Waals surface area contributed by atoms with Crippen molar-refractivity contribution in [1.82, 2.24) is 15.2 Å². The first-order chi connectivity index (χ1) is 13.8. The first-order valence-corrected chi connectivity index (χ1v) is 11.6. The van der Waals surface area contributed by atoms with E-state index in [0.717, 1.165) is 37.0 Å². The van der Waals surface area contributed by atoms with Crippen LogP contribution >= 0.6 is 11.3 Å². The highest BCUT2D eigenvalue weighted by molar-refractivity contribution is 7.20. The smallest absolute Gasteiger partial charge is 0.132 e. The number of benzene rings is 1. The quantitative estimate of drug-likeness (QED) is 0.450. The van der Waals surface area contributed by atoms with E-state index in [2.05, 4.69) is 74.2 Å². The molecule has 0 aliphatic heterocycles. The van der Waals surface area contributed by atoms with E-state index in [-0.39, 0.29) is 5.54 Å². The van der Waals surface area contributed by atoms with Gasteiger partial charge in [-0.1, -0.05) is 19.4 Å². The minimum Gasteiger partial charge on any atom is -0.383 e. The van der Waals surface area contributed by atoms with Crippen LogP contribution in [0.1, 0.15) is 57.4 Å². The van der Waals surface area contributed by atoms with Crippen LogP contribution in [0.3, 0.4) is 0 Å². The number of unbranched alkanes of at least 4 members (excludes halogenated alkanes) is 2. The Hall–Kier alpha value is -1.69. The lowest BCUT2D eigenvalue weighted by Crippen LogP contribution is -2.38. The van der Waals surface area contributed by atoms with Gasteiger partial charge in [-0.15, -0.1) is 11.3 Å². The highest BCUT2D eigenvalue weighted by atomic mass is 32.1. The Bertz CT molecular complexity index is 955. The van der Waals surface area contributed by atoms with Crippen molar-refractivity contribution in [2.24, 2.45) is 0 Å². The number of nitrogen functional groups attached to an aromatic ring is 1. The first-order valence-electron chi connectivity index (χ1n) is 10.8. The molecular weight excluding hydrogens is 376 g/mol. The maximum absolute atomic E-state index is 6.24. The molecule has 3 rings (SSSR count). The van der Waals surface area contributed by atoms with Crippen LogP contribution in [0.15, 0.2) is 24.3 Å². The Kier molecular flexibility index (Phi) is 7.14. The fourth-order valence-electron chi connectivity index (χ4n) is 3.57. The number of anilines is 1. The molecule has 3 N–H and O–H groups in total. The molecule has 0 saturated carbocycles. The molecule has 0 saturated heterocycles. The second-order valence-electron chi connectivity index (χ2n) is 8.99. The first kappa shape index (κ1) is 22.0. The zero-order chi connectivity index (χ0) is 21.0. The number of rotatable bonds is 9. The van der Waals surface area contributed by atoms with Crippen LogP contribution in [0.25, 0.3) is 21.0 Å². The molecule has 0 spiro atoms. The number of hydrogen-bond donors (Lipinski definition) is 2. The van der Waals surface area contributed by atoms with Gasteiger partial charge in [0, 0.05) is 32.4 Å². The molecule has 0 radical (unpaired) electrons. The number of thiophene rings is 1. The second-order valence-corrected chi connectivity index (χ2v) is 10.1. The van der Waals surface area contributed by atoms with Gasteiger partial charge in [-0.25, -0.2) is 4.98 Å². The third-order valence-corrected chi connectivity index (χ3v) is 6.93. The molecule has 3 aromatic rings. The van der Waals surface area contributed by atoms with Crippen molar-refractivity contribution in [2.45, 2.75) is 65.5 Å². The van der Waals surface area contributed by atoms with E-state index in [1.54, 1.807) is 0 Å². The lowest BCUT2D eigenvalue weighted by Gasteiger charge is -2.31. The van der Waals surface area contributed by atoms with Gasteiger partial charge in [-0.2, -0.15) is 0 Å². The van der Waals surface area contributed by atoms with Gasteiger partial charge in [-0.05, 0) is 83.9 Å². The number of aromatic nitrogens is 1. The summed E-state index contributed by atoms with van der Waals surface area (Å²) >= 11 is 1.84. The molecule has 29 heavy (non-hydrogen) atoms. The number of fused-ring (bicyclic) bond motifs is 3. The minimum absolute atomic E-state index is 0.255. The molecule has 0 atom stereocenters. The van der Waals surface area contributed by atoms with Gasteiger partial charge >= 0.3 is 0 Å². The molecule has 158 valence electrons. The van der Waals surface area contributed by atoms with E-state index in [1.807, 2.05) is 11.3 Å². The van der Waals surface area contributed by atoms with Crippen LogP contribution in [-0.4, -0.2) is 35.6 Å². The van der Waals surface area contributed by atoms with Gasteiger partial charge in [-0.3, -0.25) is 0 Å². The van der Waals surface area contributed by atoms with E-state index in [4.69, 9.17) is 5.73 Å². The predicted molar refractivity (Wildman–Crippen MR) is 129 cm³/mol. The van der Waals surface area contributed by atoms with Crippen molar-refractivity contribution in [3.05, 3.63) is 34.7 Å². The maximum Gasteiger partial charge on any atom is 0.132 e. The third-order valence-electron chi connectivity index (χ3n) is 5.76. The van der Waals surface area contributed by atoms with E-state index in [0.29, 0.717) is 5.82 Å². The highest BCUT2D eigenvalue weighted by Gasteiger charge is 2.16. The summed E-state index contributed by atoms with van der Waals surface area (Å²) in [5.41, 5.74) is 8.90. The molecule has 0 aliphatic rings. The fraction of sp³-hybridized carbons (Fsp3) is 0.542. The van der Waals surface area contributed by atoms with E-state index in [1.165, 1.54) is 39.8 Å². The molecule has 2 heterocycles. The van der Waals surface area contributed by atoms with Gasteiger partial charge in [0.1, 0.15) is 5.82 Å². The summed E-state index contributed by atoms with van der Waals surface area (Å²) in [6.45, 7) is 12.0. The summed E-state index contributed by atoms with van der Waals surface area (Å²) in [7, 11) is 2.22. The summed E-state index contributed by atoms with van der Waals surface area (Å²) in [5, 5.41) is 5.74. The highest BCUT2D eigenvalue weighted by Crippen LogP contribution is 2.35. The number of pyridine rings is 1. The number of nitrogens with one attached hydrogen (secondary N) is 1. The summed E-state index contributed by atoms with van der Waals surface area (Å²) in [4.78, 5) is 8.41. The minimum atomic E-state index is 0.255. The van der Waals surface area contributed by atoms with E-state index < -0.39 is 0 Å². The lowest BCUT2D eigenvalue weighted by molar-refractivity contribution is 0.172. The van der Waals surface area contributed by atoms with Crippen molar-refractivity contribution in [3.8, 4) is 0 Å². The lowest BCUT2D eigenvalue weighted by atomic mass is 10.0. The van der Waals surface area contributed by atoms with Crippen LogP contribution in [-0.2, 0) is 13.0 Å². The van der Waals surface area contributed by atoms with Crippen molar-refractivity contribution in [1.29, 1.82) is 0 Å². The molecule has 0 unspecified atom stereocenters. The fourth-order valence-corrected chi connectivity index (χ4v) is 4.73. The standard InChI is InChI=1S/C24H36N4S/c1-6-26-16-18-15-20-22(29-18)19-14-17(11-12-21(19)27-23(20)25)10-8-7-9-13-28(5)24(2,3)4/h11-12,14-15,26H,6-10,13,16H2,1-5H3,(H2,25,27). The van der Waals surface area contributed by atoms with Gasteiger partial charge in [0.25, 0.3) is 0 Å². The topological polar surface area (TPSA) is 54.2 Å². The normalized spacial score (nSPS) is 12.5. The van der Waals surface area contributed by atoms with Gasteiger partial charge in [0.2, 0.25) is 0 Å². The van der Waals surface area contributed by atoms with E-state index >= 15 is 0 Å². The molecule has 5 heteroatoms. The van der Waals surface area contributed by atoms with Crippen LogP contribution < -0.4 is 11.1 Å². The summed E-state index contributed by atoms with van der Waals surface area (Å²) < 4.78 is 1.27. The van der Waals surface area contributed by atoms with Crippen LogP contribution in [0, 0.1) is 0 Å². The molecule has 1 aromatic carbocycles. The SMILES string of the molecule is CCNCc1cc2c(N)nc3ccc(CCCCCN(C)C(C)(C)C)cc3c2s1. The molecular formula is C24H36N4S. The van der Waals surface area contributed by atoms with Crippen LogP contribution in [0.5, 0.6) is 0 Å². The maximum atomic E-state index is 6.24. The van der Waals surface area contributed by atoms with Crippen molar-refractivity contribution in [2.75, 3.05) is 25.9 Å². The molecule has 2 aromatic heterocycles. The molecule has 4 nitrogen and oxygen atoms in total. The number of hydrogen-bond acceptors (Lipinski definition) is 5. The van der Waals surface area contributed by atoms with Gasteiger partial charge in [0.05, 0.1) is 5.52 Å². The molecule has 0 amide bonds. The zero-order valence-electron chi connectivity index (χ0n) is 18.6. The molecule has 0 fully saturated rings. The van der Waals surface area contributed by atoms with E-state index in [9.17, 15) is 0 Å². The number of nitrogens with zero attached hydrogens (tertiary/aromatic N) is 2. The Morgan fingerprint density at radius 3 is 2.62 bits per heavy atom. The third kappa shape index (κ3) is 5.47. The number of nitrogens with two attached hydrogens (primary N) is 1. The monoisotopic (exact) mass is 412 g/mol. The Balaban J connectivity index is 1.69. The summed E-state index contributed by atoms with van der Waals surface area (Å²) in [6.07, 6.45) is 4.86. The van der Waals surface area contributed by atoms with Gasteiger partial charge in [0.15, 0.2) is 0 Å². The average Bonchev–Trinajstić information content (AvgIpc) is 3.11. The zero-order valence-corrected chi connectivity index (χ0v) is 19.5.